The van der Waals surface area contributed by atoms with E-state index in [1.165, 1.54) is 0 Å². The summed E-state index contributed by atoms with van der Waals surface area (Å²) in [4.78, 5) is 22.5. The molecule has 0 aliphatic carbocycles. The molecule has 0 amide bonds. The number of hydrogen-bond acceptors (Lipinski definition) is 4. The molecule has 0 bridgehead atoms. The molecule has 14 heavy (non-hydrogen) atoms. The molecule has 5 heteroatoms. The number of rotatable bonds is 3. The molecule has 0 aromatic rings. The van der Waals surface area contributed by atoms with Gasteiger partial charge >= 0.3 is 11.9 Å². The first-order chi connectivity index (χ1) is 6.63. The van der Waals surface area contributed by atoms with E-state index in [1.54, 1.807) is 6.92 Å². The monoisotopic (exact) mass is 202 g/mol. The van der Waals surface area contributed by atoms with E-state index in [2.05, 4.69) is 0 Å². The van der Waals surface area contributed by atoms with Gasteiger partial charge in [-0.3, -0.25) is 9.59 Å². The lowest BCUT2D eigenvalue weighted by atomic mass is 9.80. The quantitative estimate of drug-likeness (QED) is 0.530. The highest BCUT2D eigenvalue weighted by Crippen LogP contribution is 2.32. The molecule has 1 fully saturated rings. The van der Waals surface area contributed by atoms with Gasteiger partial charge in [-0.15, -0.1) is 0 Å². The van der Waals surface area contributed by atoms with E-state index >= 15 is 0 Å². The summed E-state index contributed by atoms with van der Waals surface area (Å²) in [5, 5.41) is 9.03. The minimum absolute atomic E-state index is 0.196. The molecule has 0 unspecified atom stereocenters. The molecule has 5 nitrogen and oxygen atoms in total. The van der Waals surface area contributed by atoms with Crippen LogP contribution in [-0.2, 0) is 19.1 Å². The van der Waals surface area contributed by atoms with Gasteiger partial charge in [-0.05, 0) is 19.8 Å². The van der Waals surface area contributed by atoms with Crippen LogP contribution in [0.2, 0.25) is 0 Å². The third-order valence-electron chi connectivity index (χ3n) is 2.42. The summed E-state index contributed by atoms with van der Waals surface area (Å²) >= 11 is 0. The Hall–Kier alpha value is -1.10. The zero-order chi connectivity index (χ0) is 10.6. The molecule has 1 aliphatic rings. The van der Waals surface area contributed by atoms with E-state index in [4.69, 9.17) is 14.6 Å². The van der Waals surface area contributed by atoms with E-state index in [1.807, 2.05) is 0 Å². The summed E-state index contributed by atoms with van der Waals surface area (Å²) in [6.45, 7) is 2.46. The Morgan fingerprint density at radius 3 is 2.43 bits per heavy atom. The fourth-order valence-corrected chi connectivity index (χ4v) is 1.49. The first-order valence-corrected chi connectivity index (χ1v) is 4.62. The maximum atomic E-state index is 11.5. The van der Waals surface area contributed by atoms with Crippen LogP contribution in [0.1, 0.15) is 19.8 Å². The molecule has 0 spiro atoms. The fourth-order valence-electron chi connectivity index (χ4n) is 1.49. The van der Waals surface area contributed by atoms with Crippen molar-refractivity contribution in [2.75, 3.05) is 19.8 Å². The van der Waals surface area contributed by atoms with E-state index in [0.717, 1.165) is 0 Å². The van der Waals surface area contributed by atoms with Gasteiger partial charge in [0.15, 0.2) is 5.41 Å². The fraction of sp³-hybridized carbons (Fsp3) is 0.778. The zero-order valence-corrected chi connectivity index (χ0v) is 8.12. The number of hydrogen-bond donors (Lipinski definition) is 1. The molecule has 1 N–H and O–H groups in total. The van der Waals surface area contributed by atoms with E-state index in [9.17, 15) is 9.59 Å². The first kappa shape index (κ1) is 11.0. The third kappa shape index (κ3) is 1.87. The Labute approximate surface area is 82.0 Å². The number of carbonyl (C=O) groups excluding carboxylic acids is 1. The lowest BCUT2D eigenvalue weighted by Crippen LogP contribution is -2.45. The number of esters is 1. The first-order valence-electron chi connectivity index (χ1n) is 4.62. The van der Waals surface area contributed by atoms with Crippen molar-refractivity contribution in [2.45, 2.75) is 19.8 Å². The van der Waals surface area contributed by atoms with Gasteiger partial charge in [0.25, 0.3) is 0 Å². The SMILES string of the molecule is CCOC(=O)C1(C(=O)O)CCOCC1. The molecule has 1 saturated heterocycles. The molecule has 0 saturated carbocycles. The number of carbonyl (C=O) groups is 2. The van der Waals surface area contributed by atoms with Crippen LogP contribution in [0.5, 0.6) is 0 Å². The van der Waals surface area contributed by atoms with Gasteiger partial charge in [0.2, 0.25) is 0 Å². The van der Waals surface area contributed by atoms with Crippen molar-refractivity contribution in [3.05, 3.63) is 0 Å². The highest BCUT2D eigenvalue weighted by atomic mass is 16.5. The maximum absolute atomic E-state index is 11.5. The Morgan fingerprint density at radius 2 is 2.00 bits per heavy atom. The second-order valence-corrected chi connectivity index (χ2v) is 3.22. The molecule has 0 aromatic carbocycles. The lowest BCUT2D eigenvalue weighted by molar-refractivity contribution is -0.175. The van der Waals surface area contributed by atoms with E-state index < -0.39 is 17.4 Å². The summed E-state index contributed by atoms with van der Waals surface area (Å²) < 4.78 is 9.80. The van der Waals surface area contributed by atoms with Crippen LogP contribution in [0.4, 0.5) is 0 Å². The van der Waals surface area contributed by atoms with Crippen LogP contribution in [0.15, 0.2) is 0 Å². The van der Waals surface area contributed by atoms with Crippen molar-refractivity contribution in [3.8, 4) is 0 Å². The van der Waals surface area contributed by atoms with Crippen LogP contribution in [0.3, 0.4) is 0 Å². The van der Waals surface area contributed by atoms with E-state index in [-0.39, 0.29) is 19.4 Å². The van der Waals surface area contributed by atoms with Crippen molar-refractivity contribution in [3.63, 3.8) is 0 Å². The van der Waals surface area contributed by atoms with Gasteiger partial charge in [-0.1, -0.05) is 0 Å². The summed E-state index contributed by atoms with van der Waals surface area (Å²) in [5.74, 6) is -1.75. The Kier molecular flexibility index (Phi) is 3.46. The minimum atomic E-state index is -1.38. The van der Waals surface area contributed by atoms with Gasteiger partial charge in [0.05, 0.1) is 6.61 Å². The molecule has 1 aliphatic heterocycles. The highest BCUT2D eigenvalue weighted by Gasteiger charge is 2.48. The van der Waals surface area contributed by atoms with Gasteiger partial charge in [-0.2, -0.15) is 0 Å². The second kappa shape index (κ2) is 4.41. The summed E-state index contributed by atoms with van der Waals surface area (Å²) in [6.07, 6.45) is 0.391. The Balaban J connectivity index is 2.80. The second-order valence-electron chi connectivity index (χ2n) is 3.22. The van der Waals surface area contributed by atoms with Crippen molar-refractivity contribution >= 4 is 11.9 Å². The Morgan fingerprint density at radius 1 is 1.43 bits per heavy atom. The normalized spacial score (nSPS) is 20.1. The smallest absolute Gasteiger partial charge is 0.323 e. The average Bonchev–Trinajstić information content (AvgIpc) is 2.19. The highest BCUT2D eigenvalue weighted by molar-refractivity contribution is 5.99. The number of carboxylic acid groups (broad SMARTS) is 1. The van der Waals surface area contributed by atoms with Crippen LogP contribution >= 0.6 is 0 Å². The molecular formula is C9H14O5. The molecule has 0 radical (unpaired) electrons. The van der Waals surface area contributed by atoms with Crippen molar-refractivity contribution in [1.82, 2.24) is 0 Å². The number of aliphatic carboxylic acids is 1. The Bertz CT molecular complexity index is 229. The number of carboxylic acids is 1. The minimum Gasteiger partial charge on any atom is -0.480 e. The van der Waals surface area contributed by atoms with Crippen LogP contribution in [0.25, 0.3) is 0 Å². The lowest BCUT2D eigenvalue weighted by Gasteiger charge is -2.30. The topological polar surface area (TPSA) is 72.8 Å². The van der Waals surface area contributed by atoms with Crippen molar-refractivity contribution in [1.29, 1.82) is 0 Å². The molecule has 0 aromatic heterocycles. The zero-order valence-electron chi connectivity index (χ0n) is 8.12. The van der Waals surface area contributed by atoms with Crippen LogP contribution in [-0.4, -0.2) is 36.9 Å². The third-order valence-corrected chi connectivity index (χ3v) is 2.42. The van der Waals surface area contributed by atoms with Gasteiger partial charge in [-0.25, -0.2) is 0 Å². The number of ether oxygens (including phenoxy) is 2. The molecule has 1 rings (SSSR count). The summed E-state index contributed by atoms with van der Waals surface area (Å²) in [6, 6.07) is 0. The average molecular weight is 202 g/mol. The maximum Gasteiger partial charge on any atom is 0.323 e. The van der Waals surface area contributed by atoms with Gasteiger partial charge in [0.1, 0.15) is 0 Å². The van der Waals surface area contributed by atoms with Gasteiger partial charge in [0, 0.05) is 13.2 Å². The largest absolute Gasteiger partial charge is 0.480 e. The van der Waals surface area contributed by atoms with Crippen LogP contribution < -0.4 is 0 Å². The van der Waals surface area contributed by atoms with Gasteiger partial charge < -0.3 is 14.6 Å². The molecule has 1 heterocycles. The predicted molar refractivity (Wildman–Crippen MR) is 46.8 cm³/mol. The van der Waals surface area contributed by atoms with Crippen molar-refractivity contribution in [2.24, 2.45) is 5.41 Å². The molecular weight excluding hydrogens is 188 g/mol. The molecule has 0 atom stereocenters. The summed E-state index contributed by atoms with van der Waals surface area (Å²) in [7, 11) is 0. The van der Waals surface area contributed by atoms with E-state index in [0.29, 0.717) is 13.2 Å². The standard InChI is InChI=1S/C9H14O5/c1-2-14-8(12)9(7(10)11)3-5-13-6-4-9/h2-6H2,1H3,(H,10,11). The van der Waals surface area contributed by atoms with Crippen molar-refractivity contribution < 1.29 is 24.2 Å². The van der Waals surface area contributed by atoms with Crippen LogP contribution in [0, 0.1) is 5.41 Å². The molecule has 80 valence electrons. The predicted octanol–water partition coefficient (Wildman–Crippen LogP) is 0.431. The summed E-state index contributed by atoms with van der Waals surface area (Å²) in [5.41, 5.74) is -1.38.